The van der Waals surface area contributed by atoms with Gasteiger partial charge in [0, 0.05) is 37.4 Å². The quantitative estimate of drug-likeness (QED) is 0.108. The second-order valence-corrected chi connectivity index (χ2v) is 18.6. The minimum absolute atomic E-state index is 0.0944. The van der Waals surface area contributed by atoms with Crippen molar-refractivity contribution in [3.8, 4) is 5.75 Å². The summed E-state index contributed by atoms with van der Waals surface area (Å²) in [6.45, 7) is 8.36. The van der Waals surface area contributed by atoms with Gasteiger partial charge in [0.1, 0.15) is 19.0 Å². The Morgan fingerprint density at radius 2 is 1.84 bits per heavy atom. The van der Waals surface area contributed by atoms with Gasteiger partial charge in [-0.05, 0) is 59.1 Å². The van der Waals surface area contributed by atoms with Crippen molar-refractivity contribution in [1.82, 2.24) is 25.1 Å². The lowest BCUT2D eigenvalue weighted by Crippen LogP contribution is -2.36. The van der Waals surface area contributed by atoms with Gasteiger partial charge in [-0.15, -0.1) is 11.3 Å². The number of hydrogen-bond acceptors (Lipinski definition) is 8. The highest BCUT2D eigenvalue weighted by Crippen LogP contribution is 2.31. The molecule has 0 saturated heterocycles. The first-order valence-electron chi connectivity index (χ1n) is 14.1. The van der Waals surface area contributed by atoms with Crippen LogP contribution in [0.2, 0.25) is 30.7 Å². The summed E-state index contributed by atoms with van der Waals surface area (Å²) in [5.74, 6) is -0.582. The van der Waals surface area contributed by atoms with Crippen molar-refractivity contribution in [2.75, 3.05) is 13.2 Å². The van der Waals surface area contributed by atoms with E-state index in [9.17, 15) is 27.6 Å². The van der Waals surface area contributed by atoms with Crippen LogP contribution in [-0.4, -0.2) is 58.9 Å². The molecule has 16 heteroatoms. The highest BCUT2D eigenvalue weighted by Gasteiger charge is 2.27. The van der Waals surface area contributed by atoms with Gasteiger partial charge in [-0.2, -0.15) is 22.5 Å². The molecule has 0 saturated carbocycles. The van der Waals surface area contributed by atoms with Crippen LogP contribution in [0.1, 0.15) is 52.3 Å². The van der Waals surface area contributed by atoms with Crippen LogP contribution in [0.25, 0.3) is 0 Å². The fourth-order valence-electron chi connectivity index (χ4n) is 3.98. The topological polar surface area (TPSA) is 117 Å². The van der Waals surface area contributed by atoms with E-state index < -0.39 is 44.9 Å². The predicted molar refractivity (Wildman–Crippen MR) is 164 cm³/mol. The lowest BCUT2D eigenvalue weighted by Gasteiger charge is -2.20. The number of amides is 1. The first kappa shape index (κ1) is 35.5. The van der Waals surface area contributed by atoms with Crippen molar-refractivity contribution in [2.24, 2.45) is 0 Å². The highest BCUT2D eigenvalue weighted by atomic mass is 35.5. The Balaban J connectivity index is 1.72. The number of carbonyl (C=O) groups is 2. The molecule has 0 fully saturated rings. The molecule has 0 radical (unpaired) electrons. The number of alkyl halides is 3. The normalized spacial score (nSPS) is 12.7. The first-order valence-corrected chi connectivity index (χ1v) is 19.0. The Morgan fingerprint density at radius 3 is 2.48 bits per heavy atom. The SMILES string of the molecule is CCc1ccc(C(=O)CC(NC(=O)Cn2nnn(COCC[Si](C)(C)C)c2=O)c2ccc(OCCCC(F)(F)F)cc2Cl)s1. The molecular weight excluding hydrogens is 639 g/mol. The van der Waals surface area contributed by atoms with Crippen LogP contribution < -0.4 is 15.7 Å². The van der Waals surface area contributed by atoms with Crippen molar-refractivity contribution in [2.45, 2.75) is 83.8 Å². The molecule has 242 valence electrons. The molecule has 44 heavy (non-hydrogen) atoms. The molecule has 1 unspecified atom stereocenters. The number of halogens is 4. The molecule has 1 atom stereocenters. The number of ether oxygens (including phenoxy) is 2. The van der Waals surface area contributed by atoms with Crippen LogP contribution in [0.15, 0.2) is 35.1 Å². The molecule has 0 aliphatic rings. The van der Waals surface area contributed by atoms with Crippen LogP contribution in [0.5, 0.6) is 5.75 Å². The molecule has 0 bridgehead atoms. The maximum absolute atomic E-state index is 13.2. The summed E-state index contributed by atoms with van der Waals surface area (Å²) in [5.41, 5.74) is -0.230. The smallest absolute Gasteiger partial charge is 0.389 e. The van der Waals surface area contributed by atoms with Crippen LogP contribution in [0.3, 0.4) is 0 Å². The van der Waals surface area contributed by atoms with E-state index in [0.29, 0.717) is 17.0 Å². The molecule has 1 N–H and O–H groups in total. The summed E-state index contributed by atoms with van der Waals surface area (Å²) in [6.07, 6.45) is -4.82. The van der Waals surface area contributed by atoms with E-state index in [-0.39, 0.29) is 42.7 Å². The number of nitrogens with zero attached hydrogens (tertiary/aromatic N) is 4. The third-order valence-electron chi connectivity index (χ3n) is 6.43. The van der Waals surface area contributed by atoms with Gasteiger partial charge < -0.3 is 14.8 Å². The lowest BCUT2D eigenvalue weighted by molar-refractivity contribution is -0.136. The summed E-state index contributed by atoms with van der Waals surface area (Å²) in [4.78, 5) is 40.5. The number of benzene rings is 1. The van der Waals surface area contributed by atoms with Crippen LogP contribution in [0.4, 0.5) is 13.2 Å². The summed E-state index contributed by atoms with van der Waals surface area (Å²) >= 11 is 7.88. The Kier molecular flexibility index (Phi) is 12.8. The molecule has 0 spiro atoms. The zero-order chi connectivity index (χ0) is 32.5. The number of aryl methyl sites for hydroxylation is 1. The van der Waals surface area contributed by atoms with Crippen LogP contribution >= 0.6 is 22.9 Å². The Morgan fingerprint density at radius 1 is 1.11 bits per heavy atom. The summed E-state index contributed by atoms with van der Waals surface area (Å²) < 4.78 is 50.2. The fourth-order valence-corrected chi connectivity index (χ4v) is 5.93. The van der Waals surface area contributed by atoms with Gasteiger partial charge in [-0.25, -0.2) is 4.79 Å². The molecule has 10 nitrogen and oxygen atoms in total. The number of hydrogen-bond donors (Lipinski definition) is 1. The van der Waals surface area contributed by atoms with Crippen molar-refractivity contribution in [1.29, 1.82) is 0 Å². The summed E-state index contributed by atoms with van der Waals surface area (Å²) in [5, 5.41) is 10.5. The van der Waals surface area contributed by atoms with Crippen molar-refractivity contribution in [3.63, 3.8) is 0 Å². The number of carbonyl (C=O) groups excluding carboxylic acids is 2. The maximum atomic E-state index is 13.2. The standard InChI is InChI=1S/C28H37ClF3N5O5SSi/c1-5-20-8-10-25(43-20)24(38)16-23(21-9-7-19(15-22(21)29)42-12-6-11-28(30,31)32)33-26(39)17-36-27(40)37(35-34-36)18-41-13-14-44(2,3)4/h7-10,15,23H,5-6,11-14,16-18H2,1-4H3,(H,33,39). The molecule has 1 amide bonds. The second-order valence-electron chi connectivity index (χ2n) is 11.4. The fraction of sp³-hybridized carbons (Fsp3) is 0.536. The predicted octanol–water partition coefficient (Wildman–Crippen LogP) is 5.88. The monoisotopic (exact) mass is 675 g/mol. The molecule has 0 aliphatic carbocycles. The number of aromatic nitrogens is 4. The van der Waals surface area contributed by atoms with E-state index in [1.807, 2.05) is 13.0 Å². The Labute approximate surface area is 263 Å². The van der Waals surface area contributed by atoms with E-state index >= 15 is 0 Å². The highest BCUT2D eigenvalue weighted by molar-refractivity contribution is 7.14. The van der Waals surface area contributed by atoms with E-state index in [4.69, 9.17) is 21.1 Å². The minimum Gasteiger partial charge on any atom is -0.494 e. The molecule has 2 heterocycles. The van der Waals surface area contributed by atoms with Crippen molar-refractivity contribution < 1.29 is 32.2 Å². The molecular formula is C28H37ClF3N5O5SSi. The lowest BCUT2D eigenvalue weighted by atomic mass is 10.00. The number of nitrogens with one attached hydrogen (secondary N) is 1. The zero-order valence-electron chi connectivity index (χ0n) is 25.1. The molecule has 0 aliphatic heterocycles. The van der Waals surface area contributed by atoms with Crippen LogP contribution in [0, 0.1) is 0 Å². The van der Waals surface area contributed by atoms with Gasteiger partial charge in [0.25, 0.3) is 0 Å². The molecule has 1 aromatic carbocycles. The average Bonchev–Trinajstić information content (AvgIpc) is 3.55. The molecule has 2 aromatic heterocycles. The van der Waals surface area contributed by atoms with E-state index in [1.54, 1.807) is 12.1 Å². The number of ketones is 1. The average molecular weight is 676 g/mol. The second kappa shape index (κ2) is 15.8. The van der Waals surface area contributed by atoms with Crippen LogP contribution in [-0.2, 0) is 29.2 Å². The van der Waals surface area contributed by atoms with E-state index in [2.05, 4.69) is 35.4 Å². The van der Waals surface area contributed by atoms with Gasteiger partial charge in [0.2, 0.25) is 5.91 Å². The van der Waals surface area contributed by atoms with Crippen molar-refractivity contribution in [3.05, 3.63) is 61.2 Å². The number of tetrazole rings is 1. The number of thiophene rings is 1. The van der Waals surface area contributed by atoms with Crippen molar-refractivity contribution >= 4 is 42.7 Å². The number of Topliss-reactive ketones (excluding diaryl/α,β-unsaturated/α-hetero) is 1. The van der Waals surface area contributed by atoms with Gasteiger partial charge in [0.15, 0.2) is 5.78 Å². The Bertz CT molecular complexity index is 1470. The summed E-state index contributed by atoms with van der Waals surface area (Å²) in [7, 11) is -1.31. The molecule has 3 rings (SSSR count). The van der Waals surface area contributed by atoms with E-state index in [1.165, 1.54) is 23.5 Å². The van der Waals surface area contributed by atoms with Gasteiger partial charge in [0.05, 0.1) is 17.5 Å². The first-order chi connectivity index (χ1) is 20.6. The minimum atomic E-state index is -4.27. The molecule has 3 aromatic rings. The summed E-state index contributed by atoms with van der Waals surface area (Å²) in [6, 6.07) is 8.11. The van der Waals surface area contributed by atoms with Gasteiger partial charge in [-0.3, -0.25) is 9.59 Å². The van der Waals surface area contributed by atoms with Gasteiger partial charge in [-0.1, -0.05) is 44.2 Å². The Hall–Kier alpha value is -3.01. The largest absolute Gasteiger partial charge is 0.494 e. The third-order valence-corrected chi connectivity index (χ3v) is 9.73. The number of rotatable bonds is 17. The third kappa shape index (κ3) is 11.5. The maximum Gasteiger partial charge on any atom is 0.389 e. The van der Waals surface area contributed by atoms with E-state index in [0.717, 1.165) is 26.7 Å². The zero-order valence-corrected chi connectivity index (χ0v) is 27.7. The van der Waals surface area contributed by atoms with Gasteiger partial charge >= 0.3 is 11.9 Å².